The van der Waals surface area contributed by atoms with Crippen LogP contribution in [0.4, 0.5) is 0 Å². The predicted octanol–water partition coefficient (Wildman–Crippen LogP) is 0.178. The lowest BCUT2D eigenvalue weighted by Crippen LogP contribution is -2.30. The molecule has 1 aliphatic rings. The van der Waals surface area contributed by atoms with Crippen molar-refractivity contribution in [3.63, 3.8) is 0 Å². The fourth-order valence-corrected chi connectivity index (χ4v) is 1.67. The summed E-state index contributed by atoms with van der Waals surface area (Å²) in [5.74, 6) is -0.854. The van der Waals surface area contributed by atoms with Gasteiger partial charge in [0.1, 0.15) is 5.92 Å². The van der Waals surface area contributed by atoms with Gasteiger partial charge in [0.15, 0.2) is 0 Å². The molecule has 0 radical (unpaired) electrons. The van der Waals surface area contributed by atoms with Crippen LogP contribution in [0.3, 0.4) is 0 Å². The average Bonchev–Trinajstić information content (AvgIpc) is 2.46. The lowest BCUT2D eigenvalue weighted by Gasteiger charge is -2.17. The number of carbonyl (C=O) groups excluding carboxylic acids is 2. The molecule has 0 aromatic carbocycles. The van der Waals surface area contributed by atoms with Gasteiger partial charge in [-0.3, -0.25) is 9.59 Å². The molecule has 4 nitrogen and oxygen atoms in total. The maximum Gasteiger partial charge on any atom is 0.318 e. The number of nitrogens with one attached hydrogen (secondary N) is 1. The number of esters is 1. The number of carbonyl (C=O) groups is 2. The molecule has 1 amide bonds. The standard InChI is InChI=1S/C9H15NO3/c1-5(2)6-4-10-8(11)7(6)9(12)13-3/h5-7H,4H2,1-3H3,(H,10,11). The molecule has 0 aromatic heterocycles. The molecule has 2 atom stereocenters. The van der Waals surface area contributed by atoms with Crippen LogP contribution in [0.5, 0.6) is 0 Å². The fraction of sp³-hybridized carbons (Fsp3) is 0.778. The van der Waals surface area contributed by atoms with Crippen LogP contribution in [0.2, 0.25) is 0 Å². The first kappa shape index (κ1) is 10.0. The lowest BCUT2D eigenvalue weighted by atomic mass is 9.86. The summed E-state index contributed by atoms with van der Waals surface area (Å²) in [5.41, 5.74) is 0. The Morgan fingerprint density at radius 1 is 1.62 bits per heavy atom. The van der Waals surface area contributed by atoms with Gasteiger partial charge in [-0.15, -0.1) is 0 Å². The third-order valence-electron chi connectivity index (χ3n) is 2.53. The van der Waals surface area contributed by atoms with Crippen molar-refractivity contribution in [2.24, 2.45) is 17.8 Å². The Labute approximate surface area is 77.6 Å². The van der Waals surface area contributed by atoms with E-state index in [0.717, 1.165) is 0 Å². The zero-order chi connectivity index (χ0) is 10.0. The highest BCUT2D eigenvalue weighted by molar-refractivity contribution is 5.99. The second-order valence-electron chi connectivity index (χ2n) is 3.65. The second-order valence-corrected chi connectivity index (χ2v) is 3.65. The second kappa shape index (κ2) is 3.77. The highest BCUT2D eigenvalue weighted by Gasteiger charge is 2.42. The molecule has 1 heterocycles. The first-order valence-corrected chi connectivity index (χ1v) is 4.43. The number of ether oxygens (including phenoxy) is 1. The van der Waals surface area contributed by atoms with E-state index in [9.17, 15) is 9.59 Å². The summed E-state index contributed by atoms with van der Waals surface area (Å²) >= 11 is 0. The molecule has 0 bridgehead atoms. The third kappa shape index (κ3) is 1.82. The van der Waals surface area contributed by atoms with Crippen LogP contribution in [0, 0.1) is 17.8 Å². The minimum absolute atomic E-state index is 0.0694. The number of methoxy groups -OCH3 is 1. The molecular formula is C9H15NO3. The quantitative estimate of drug-likeness (QED) is 0.493. The van der Waals surface area contributed by atoms with Crippen molar-refractivity contribution >= 4 is 11.9 Å². The van der Waals surface area contributed by atoms with Gasteiger partial charge in [-0.25, -0.2) is 0 Å². The van der Waals surface area contributed by atoms with Crippen LogP contribution < -0.4 is 5.32 Å². The Bertz CT molecular complexity index is 225. The molecule has 0 aromatic rings. The summed E-state index contributed by atoms with van der Waals surface area (Å²) in [4.78, 5) is 22.5. The first-order valence-electron chi connectivity index (χ1n) is 4.43. The molecule has 0 saturated carbocycles. The van der Waals surface area contributed by atoms with Gasteiger partial charge in [0.25, 0.3) is 0 Å². The van der Waals surface area contributed by atoms with Crippen molar-refractivity contribution in [2.45, 2.75) is 13.8 Å². The van der Waals surface area contributed by atoms with Gasteiger partial charge in [-0.1, -0.05) is 13.8 Å². The molecular weight excluding hydrogens is 170 g/mol. The molecule has 0 spiro atoms. The molecule has 1 N–H and O–H groups in total. The minimum Gasteiger partial charge on any atom is -0.468 e. The van der Waals surface area contributed by atoms with Gasteiger partial charge < -0.3 is 10.1 Å². The molecule has 1 rings (SSSR count). The Kier molecular flexibility index (Phi) is 2.90. The van der Waals surface area contributed by atoms with Gasteiger partial charge >= 0.3 is 5.97 Å². The molecule has 1 saturated heterocycles. The fourth-order valence-electron chi connectivity index (χ4n) is 1.67. The third-order valence-corrected chi connectivity index (χ3v) is 2.53. The molecule has 0 aliphatic carbocycles. The zero-order valence-corrected chi connectivity index (χ0v) is 8.16. The van der Waals surface area contributed by atoms with Crippen molar-refractivity contribution in [1.82, 2.24) is 5.32 Å². The molecule has 2 unspecified atom stereocenters. The molecule has 74 valence electrons. The van der Waals surface area contributed by atoms with E-state index in [1.807, 2.05) is 13.8 Å². The summed E-state index contributed by atoms with van der Waals surface area (Å²) in [6.07, 6.45) is 0. The number of amides is 1. The predicted molar refractivity (Wildman–Crippen MR) is 46.8 cm³/mol. The summed E-state index contributed by atoms with van der Waals surface area (Å²) in [6, 6.07) is 0. The first-order chi connectivity index (χ1) is 6.07. The number of hydrogen-bond donors (Lipinski definition) is 1. The summed E-state index contributed by atoms with van der Waals surface area (Å²) in [5, 5.41) is 2.68. The van der Waals surface area contributed by atoms with Crippen LogP contribution in [0.15, 0.2) is 0 Å². The SMILES string of the molecule is COC(=O)C1C(=O)NCC1C(C)C. The number of rotatable bonds is 2. The number of hydrogen-bond acceptors (Lipinski definition) is 3. The largest absolute Gasteiger partial charge is 0.468 e. The van der Waals surface area contributed by atoms with E-state index in [1.54, 1.807) is 0 Å². The van der Waals surface area contributed by atoms with Crippen LogP contribution >= 0.6 is 0 Å². The monoisotopic (exact) mass is 185 g/mol. The van der Waals surface area contributed by atoms with Crippen molar-refractivity contribution in [1.29, 1.82) is 0 Å². The maximum atomic E-state index is 11.3. The van der Waals surface area contributed by atoms with Gasteiger partial charge in [0.05, 0.1) is 7.11 Å². The Hall–Kier alpha value is -1.06. The Morgan fingerprint density at radius 2 is 2.23 bits per heavy atom. The van der Waals surface area contributed by atoms with Crippen LogP contribution in [-0.2, 0) is 14.3 Å². The summed E-state index contributed by atoms with van der Waals surface area (Å²) in [6.45, 7) is 4.58. The normalized spacial score (nSPS) is 27.5. The lowest BCUT2D eigenvalue weighted by molar-refractivity contribution is -0.150. The maximum absolute atomic E-state index is 11.3. The highest BCUT2D eigenvalue weighted by Crippen LogP contribution is 2.26. The van der Waals surface area contributed by atoms with Crippen LogP contribution in [0.25, 0.3) is 0 Å². The van der Waals surface area contributed by atoms with E-state index < -0.39 is 11.9 Å². The smallest absolute Gasteiger partial charge is 0.318 e. The van der Waals surface area contributed by atoms with E-state index >= 15 is 0 Å². The van der Waals surface area contributed by atoms with Crippen molar-refractivity contribution < 1.29 is 14.3 Å². The highest BCUT2D eigenvalue weighted by atomic mass is 16.5. The van der Waals surface area contributed by atoms with Gasteiger partial charge in [-0.2, -0.15) is 0 Å². The van der Waals surface area contributed by atoms with E-state index in [4.69, 9.17) is 0 Å². The molecule has 13 heavy (non-hydrogen) atoms. The van der Waals surface area contributed by atoms with Gasteiger partial charge in [0, 0.05) is 12.5 Å². The average molecular weight is 185 g/mol. The molecule has 1 aliphatic heterocycles. The summed E-state index contributed by atoms with van der Waals surface area (Å²) in [7, 11) is 1.31. The summed E-state index contributed by atoms with van der Waals surface area (Å²) < 4.78 is 4.59. The van der Waals surface area contributed by atoms with E-state index in [0.29, 0.717) is 12.5 Å². The Balaban J connectivity index is 2.77. The van der Waals surface area contributed by atoms with Crippen molar-refractivity contribution in [3.05, 3.63) is 0 Å². The minimum atomic E-state index is -0.606. The van der Waals surface area contributed by atoms with E-state index in [2.05, 4.69) is 10.1 Å². The van der Waals surface area contributed by atoms with Crippen LogP contribution in [-0.4, -0.2) is 25.5 Å². The topological polar surface area (TPSA) is 55.4 Å². The van der Waals surface area contributed by atoms with Crippen LogP contribution in [0.1, 0.15) is 13.8 Å². The zero-order valence-electron chi connectivity index (χ0n) is 8.16. The Morgan fingerprint density at radius 3 is 2.69 bits per heavy atom. The molecule has 4 heteroatoms. The van der Waals surface area contributed by atoms with Gasteiger partial charge in [0.2, 0.25) is 5.91 Å². The van der Waals surface area contributed by atoms with Gasteiger partial charge in [-0.05, 0) is 5.92 Å². The van der Waals surface area contributed by atoms with E-state index in [1.165, 1.54) is 7.11 Å². The van der Waals surface area contributed by atoms with Crippen molar-refractivity contribution in [3.8, 4) is 0 Å². The molecule has 1 fully saturated rings. The van der Waals surface area contributed by atoms with E-state index in [-0.39, 0.29) is 11.8 Å². The van der Waals surface area contributed by atoms with Crippen molar-refractivity contribution in [2.75, 3.05) is 13.7 Å².